The molecule has 118 valence electrons. The molecule has 4 heteroatoms. The fraction of sp³-hybridized carbons (Fsp3) is 0.647. The standard InChI is InChI=1S/C17H26BrFN2/c1-4-15-10-20-17(5-2,6-3)12-21(15)11-13-9-14(18)7-8-16(13)19/h7-9,15,20H,4-6,10-12H2,1-3H3. The normalized spacial score (nSPS) is 22.4. The van der Waals surface area contributed by atoms with Crippen LogP contribution >= 0.6 is 15.9 Å². The van der Waals surface area contributed by atoms with Gasteiger partial charge in [0.2, 0.25) is 0 Å². The van der Waals surface area contributed by atoms with Crippen molar-refractivity contribution in [3.05, 3.63) is 34.1 Å². The first-order valence-corrected chi connectivity index (χ1v) is 8.76. The molecule has 0 amide bonds. The minimum absolute atomic E-state index is 0.106. The average Bonchev–Trinajstić information content (AvgIpc) is 2.51. The van der Waals surface area contributed by atoms with E-state index in [1.54, 1.807) is 12.1 Å². The Morgan fingerprint density at radius 1 is 1.33 bits per heavy atom. The predicted octanol–water partition coefficient (Wildman–Crippen LogP) is 4.33. The van der Waals surface area contributed by atoms with Gasteiger partial charge in [0, 0.05) is 41.3 Å². The molecular weight excluding hydrogens is 331 g/mol. The summed E-state index contributed by atoms with van der Waals surface area (Å²) in [5.74, 6) is -0.106. The van der Waals surface area contributed by atoms with Crippen LogP contribution in [-0.2, 0) is 6.54 Å². The molecule has 1 saturated heterocycles. The summed E-state index contributed by atoms with van der Waals surface area (Å²) in [7, 11) is 0. The van der Waals surface area contributed by atoms with E-state index in [0.29, 0.717) is 12.6 Å². The number of nitrogens with one attached hydrogen (secondary N) is 1. The lowest BCUT2D eigenvalue weighted by Crippen LogP contribution is -2.63. The van der Waals surface area contributed by atoms with Crippen LogP contribution in [0.4, 0.5) is 4.39 Å². The molecule has 0 spiro atoms. The van der Waals surface area contributed by atoms with Crippen LogP contribution in [0.1, 0.15) is 45.6 Å². The average molecular weight is 357 g/mol. The summed E-state index contributed by atoms with van der Waals surface area (Å²) in [6, 6.07) is 5.70. The quantitative estimate of drug-likeness (QED) is 0.844. The Kier molecular flexibility index (Phi) is 5.81. The Morgan fingerprint density at radius 2 is 2.05 bits per heavy atom. The highest BCUT2D eigenvalue weighted by Gasteiger charge is 2.36. The molecule has 1 aromatic carbocycles. The van der Waals surface area contributed by atoms with Crippen molar-refractivity contribution in [3.63, 3.8) is 0 Å². The van der Waals surface area contributed by atoms with E-state index < -0.39 is 0 Å². The highest BCUT2D eigenvalue weighted by Crippen LogP contribution is 2.26. The molecular formula is C17H26BrFN2. The number of nitrogens with zero attached hydrogens (tertiary/aromatic N) is 1. The molecule has 1 aliphatic rings. The summed E-state index contributed by atoms with van der Waals surface area (Å²) >= 11 is 3.45. The van der Waals surface area contributed by atoms with E-state index in [2.05, 4.69) is 46.9 Å². The predicted molar refractivity (Wildman–Crippen MR) is 89.9 cm³/mol. The van der Waals surface area contributed by atoms with Crippen LogP contribution in [0.15, 0.2) is 22.7 Å². The zero-order chi connectivity index (χ0) is 15.5. The molecule has 1 N–H and O–H groups in total. The Morgan fingerprint density at radius 3 is 2.67 bits per heavy atom. The Bertz CT molecular complexity index is 474. The zero-order valence-electron chi connectivity index (χ0n) is 13.3. The van der Waals surface area contributed by atoms with Crippen molar-refractivity contribution < 1.29 is 4.39 Å². The molecule has 0 bridgehead atoms. The molecule has 1 aliphatic heterocycles. The fourth-order valence-electron chi connectivity index (χ4n) is 3.23. The van der Waals surface area contributed by atoms with Crippen LogP contribution in [0.3, 0.4) is 0 Å². The summed E-state index contributed by atoms with van der Waals surface area (Å²) in [5, 5.41) is 3.73. The van der Waals surface area contributed by atoms with E-state index in [1.807, 2.05) is 6.07 Å². The van der Waals surface area contributed by atoms with Gasteiger partial charge in [-0.3, -0.25) is 4.90 Å². The number of halogens is 2. The van der Waals surface area contributed by atoms with Gasteiger partial charge in [0.1, 0.15) is 5.82 Å². The lowest BCUT2D eigenvalue weighted by molar-refractivity contribution is 0.0634. The Balaban J connectivity index is 2.19. The van der Waals surface area contributed by atoms with Gasteiger partial charge in [0.05, 0.1) is 0 Å². The monoisotopic (exact) mass is 356 g/mol. The van der Waals surface area contributed by atoms with Crippen LogP contribution in [0.5, 0.6) is 0 Å². The van der Waals surface area contributed by atoms with Gasteiger partial charge in [-0.05, 0) is 37.5 Å². The second-order valence-electron chi connectivity index (χ2n) is 6.07. The van der Waals surface area contributed by atoms with E-state index >= 15 is 0 Å². The molecule has 1 atom stereocenters. The number of piperazine rings is 1. The third-order valence-corrected chi connectivity index (χ3v) is 5.43. The summed E-state index contributed by atoms with van der Waals surface area (Å²) < 4.78 is 15.0. The van der Waals surface area contributed by atoms with Gasteiger partial charge in [-0.25, -0.2) is 4.39 Å². The van der Waals surface area contributed by atoms with Crippen molar-refractivity contribution >= 4 is 15.9 Å². The van der Waals surface area contributed by atoms with Gasteiger partial charge in [-0.2, -0.15) is 0 Å². The van der Waals surface area contributed by atoms with E-state index in [-0.39, 0.29) is 11.4 Å². The molecule has 1 unspecified atom stereocenters. The summed E-state index contributed by atoms with van der Waals surface area (Å²) in [6.07, 6.45) is 3.31. The van der Waals surface area contributed by atoms with Crippen molar-refractivity contribution in [1.82, 2.24) is 10.2 Å². The highest BCUT2D eigenvalue weighted by molar-refractivity contribution is 9.10. The fourth-order valence-corrected chi connectivity index (χ4v) is 3.64. The van der Waals surface area contributed by atoms with Gasteiger partial charge >= 0.3 is 0 Å². The molecule has 0 saturated carbocycles. The molecule has 0 radical (unpaired) electrons. The van der Waals surface area contributed by atoms with Crippen LogP contribution in [0.2, 0.25) is 0 Å². The molecule has 1 fully saturated rings. The highest BCUT2D eigenvalue weighted by atomic mass is 79.9. The maximum absolute atomic E-state index is 14.0. The topological polar surface area (TPSA) is 15.3 Å². The summed E-state index contributed by atoms with van der Waals surface area (Å²) in [4.78, 5) is 2.45. The summed E-state index contributed by atoms with van der Waals surface area (Å²) in [6.45, 7) is 9.36. The van der Waals surface area contributed by atoms with E-state index in [9.17, 15) is 4.39 Å². The van der Waals surface area contributed by atoms with Crippen molar-refractivity contribution in [2.24, 2.45) is 0 Å². The number of hydrogen-bond donors (Lipinski definition) is 1. The third-order valence-electron chi connectivity index (χ3n) is 4.94. The second kappa shape index (κ2) is 7.21. The minimum Gasteiger partial charge on any atom is -0.308 e. The summed E-state index contributed by atoms with van der Waals surface area (Å²) in [5.41, 5.74) is 0.958. The first-order valence-electron chi connectivity index (χ1n) is 7.96. The molecule has 21 heavy (non-hydrogen) atoms. The Hall–Kier alpha value is -0.450. The van der Waals surface area contributed by atoms with Crippen LogP contribution in [0, 0.1) is 5.82 Å². The number of rotatable bonds is 5. The lowest BCUT2D eigenvalue weighted by atomic mass is 9.88. The van der Waals surface area contributed by atoms with Crippen molar-refractivity contribution in [2.75, 3.05) is 13.1 Å². The molecule has 1 heterocycles. The molecule has 2 nitrogen and oxygen atoms in total. The van der Waals surface area contributed by atoms with Gasteiger partial charge in [0.25, 0.3) is 0 Å². The maximum atomic E-state index is 14.0. The first-order chi connectivity index (χ1) is 10.0. The van der Waals surface area contributed by atoms with Gasteiger partial charge < -0.3 is 5.32 Å². The SMILES string of the molecule is CCC1CNC(CC)(CC)CN1Cc1cc(Br)ccc1F. The van der Waals surface area contributed by atoms with Crippen LogP contribution in [0.25, 0.3) is 0 Å². The zero-order valence-corrected chi connectivity index (χ0v) is 14.8. The number of hydrogen-bond acceptors (Lipinski definition) is 2. The molecule has 0 aliphatic carbocycles. The third kappa shape index (κ3) is 3.85. The van der Waals surface area contributed by atoms with Gasteiger partial charge in [0.15, 0.2) is 0 Å². The van der Waals surface area contributed by atoms with Crippen LogP contribution in [-0.4, -0.2) is 29.6 Å². The largest absolute Gasteiger partial charge is 0.308 e. The van der Waals surface area contributed by atoms with Crippen LogP contribution < -0.4 is 5.32 Å². The molecule has 0 aromatic heterocycles. The first kappa shape index (κ1) is 16.9. The molecule has 2 rings (SSSR count). The minimum atomic E-state index is -0.106. The maximum Gasteiger partial charge on any atom is 0.127 e. The van der Waals surface area contributed by atoms with Gasteiger partial charge in [-0.15, -0.1) is 0 Å². The Labute approximate surface area is 136 Å². The number of benzene rings is 1. The smallest absolute Gasteiger partial charge is 0.127 e. The van der Waals surface area contributed by atoms with Crippen molar-refractivity contribution in [3.8, 4) is 0 Å². The van der Waals surface area contributed by atoms with Crippen molar-refractivity contribution in [1.29, 1.82) is 0 Å². The lowest BCUT2D eigenvalue weighted by Gasteiger charge is -2.47. The van der Waals surface area contributed by atoms with E-state index in [0.717, 1.165) is 42.4 Å². The van der Waals surface area contributed by atoms with Crippen molar-refractivity contribution in [2.45, 2.75) is 58.2 Å². The second-order valence-corrected chi connectivity index (χ2v) is 6.99. The van der Waals surface area contributed by atoms with Gasteiger partial charge in [-0.1, -0.05) is 36.7 Å². The van der Waals surface area contributed by atoms with E-state index in [1.165, 1.54) is 0 Å². The molecule has 1 aromatic rings. The van der Waals surface area contributed by atoms with E-state index in [4.69, 9.17) is 0 Å².